The third-order valence-corrected chi connectivity index (χ3v) is 8.63. The fourth-order valence-corrected chi connectivity index (χ4v) is 6.57. The van der Waals surface area contributed by atoms with Gasteiger partial charge in [0.05, 0.1) is 11.8 Å². The van der Waals surface area contributed by atoms with Crippen LogP contribution in [0.15, 0.2) is 47.6 Å². The van der Waals surface area contributed by atoms with Gasteiger partial charge in [-0.1, -0.05) is 44.2 Å². The van der Waals surface area contributed by atoms with E-state index in [4.69, 9.17) is 9.72 Å². The second-order valence-electron chi connectivity index (χ2n) is 11.0. The van der Waals surface area contributed by atoms with E-state index in [-0.39, 0.29) is 6.10 Å². The van der Waals surface area contributed by atoms with Crippen LogP contribution in [-0.4, -0.2) is 23.0 Å². The average molecular weight is 512 g/mol. The largest absolute Gasteiger partial charge is 0.490 e. The van der Waals surface area contributed by atoms with E-state index >= 15 is 0 Å². The summed E-state index contributed by atoms with van der Waals surface area (Å²) >= 11 is 0. The highest BCUT2D eigenvalue weighted by Gasteiger charge is 2.27. The quantitative estimate of drug-likeness (QED) is 0.271. The van der Waals surface area contributed by atoms with Crippen LogP contribution in [0.3, 0.4) is 0 Å². The van der Waals surface area contributed by atoms with Gasteiger partial charge in [0, 0.05) is 35.5 Å². The summed E-state index contributed by atoms with van der Waals surface area (Å²) in [5.41, 5.74) is 9.73. The van der Waals surface area contributed by atoms with Crippen LogP contribution in [0.4, 0.5) is 5.69 Å². The Morgan fingerprint density at radius 1 is 1.00 bits per heavy atom. The molecule has 1 heterocycles. The topological polar surface area (TPSA) is 54.8 Å². The van der Waals surface area contributed by atoms with Gasteiger partial charge >= 0.3 is 0 Å². The number of nitroso groups, excluding NO2 is 1. The number of nitrogens with zero attached hydrogens (tertiary/aromatic N) is 3. The van der Waals surface area contributed by atoms with Gasteiger partial charge < -0.3 is 4.74 Å². The summed E-state index contributed by atoms with van der Waals surface area (Å²) in [6.07, 6.45) is 10.1. The van der Waals surface area contributed by atoms with E-state index in [1.54, 1.807) is 0 Å². The fraction of sp³-hybridized carbons (Fsp3) is 0.485. The number of ether oxygens (including phenoxy) is 1. The molecule has 2 aromatic carbocycles. The molecule has 2 aliphatic rings. The van der Waals surface area contributed by atoms with Crippen molar-refractivity contribution in [3.05, 3.63) is 80.9 Å². The van der Waals surface area contributed by atoms with Crippen molar-refractivity contribution >= 4 is 5.69 Å². The number of aryl methyl sites for hydroxylation is 3. The second-order valence-corrected chi connectivity index (χ2v) is 11.0. The van der Waals surface area contributed by atoms with E-state index in [2.05, 4.69) is 68.2 Å². The smallest absolute Gasteiger partial charge is 0.128 e. The molecule has 0 bridgehead atoms. The Kier molecular flexibility index (Phi) is 8.23. The average Bonchev–Trinajstić information content (AvgIpc) is 3.46. The molecule has 0 N–H and O–H groups in total. The number of hydrogen-bond acceptors (Lipinski definition) is 5. The monoisotopic (exact) mass is 511 g/mol. The number of benzene rings is 2. The molecule has 5 heteroatoms. The van der Waals surface area contributed by atoms with Crippen molar-refractivity contribution < 1.29 is 4.74 Å². The van der Waals surface area contributed by atoms with Crippen molar-refractivity contribution in [3.8, 4) is 17.0 Å². The van der Waals surface area contributed by atoms with Crippen LogP contribution in [0.25, 0.3) is 11.3 Å². The third kappa shape index (κ3) is 5.26. The lowest BCUT2D eigenvalue weighted by atomic mass is 9.87. The SMILES string of the molecule is CCc1ccc(N=O)c(CC)c1-c1cc(OC2CCCC2)c(CN(C)[C@H]2CCCc3ccccc32)c(C)n1. The minimum Gasteiger partial charge on any atom is -0.490 e. The van der Waals surface area contributed by atoms with Crippen molar-refractivity contribution in [2.24, 2.45) is 5.18 Å². The molecule has 200 valence electrons. The van der Waals surface area contributed by atoms with Gasteiger partial charge in [0.25, 0.3) is 0 Å². The van der Waals surface area contributed by atoms with Gasteiger partial charge in [-0.2, -0.15) is 0 Å². The zero-order valence-electron chi connectivity index (χ0n) is 23.4. The zero-order chi connectivity index (χ0) is 26.6. The van der Waals surface area contributed by atoms with E-state index in [9.17, 15) is 4.91 Å². The molecule has 1 saturated carbocycles. The normalized spacial score (nSPS) is 17.6. The Labute approximate surface area is 227 Å². The van der Waals surface area contributed by atoms with Gasteiger partial charge in [0.2, 0.25) is 0 Å². The fourth-order valence-electron chi connectivity index (χ4n) is 6.57. The highest BCUT2D eigenvalue weighted by atomic mass is 16.5. The molecule has 5 rings (SSSR count). The molecule has 38 heavy (non-hydrogen) atoms. The number of fused-ring (bicyclic) bond motifs is 1. The molecule has 1 atom stereocenters. The van der Waals surface area contributed by atoms with Crippen LogP contribution in [0.1, 0.15) is 91.9 Å². The van der Waals surface area contributed by atoms with E-state index in [1.807, 2.05) is 12.1 Å². The molecular weight excluding hydrogens is 470 g/mol. The summed E-state index contributed by atoms with van der Waals surface area (Å²) in [6.45, 7) is 7.14. The molecule has 0 amide bonds. The van der Waals surface area contributed by atoms with Gasteiger partial charge in [-0.05, 0) is 105 Å². The minimum absolute atomic E-state index is 0.253. The summed E-state index contributed by atoms with van der Waals surface area (Å²) in [5.74, 6) is 0.948. The van der Waals surface area contributed by atoms with E-state index in [0.29, 0.717) is 11.7 Å². The number of aromatic nitrogens is 1. The van der Waals surface area contributed by atoms with Gasteiger partial charge in [0.1, 0.15) is 11.4 Å². The molecule has 0 aliphatic heterocycles. The maximum absolute atomic E-state index is 11.6. The molecule has 3 aromatic rings. The molecule has 5 nitrogen and oxygen atoms in total. The molecule has 1 fully saturated rings. The maximum atomic E-state index is 11.6. The van der Waals surface area contributed by atoms with Crippen molar-refractivity contribution in [1.29, 1.82) is 0 Å². The standard InChI is InChI=1S/C33H41N3O2/c1-5-23-18-19-29(35-37)26(6-2)33(23)30-20-32(38-25-14-8-9-15-25)28(22(3)34-30)21-36(4)31-17-11-13-24-12-7-10-16-27(24)31/h7,10,12,16,18-20,25,31H,5-6,8-9,11,13-15,17,21H2,1-4H3/t31-/m0/s1. The highest BCUT2D eigenvalue weighted by molar-refractivity contribution is 5.75. The summed E-state index contributed by atoms with van der Waals surface area (Å²) in [5, 5.41) is 3.34. The molecule has 1 aromatic heterocycles. The first-order valence-electron chi connectivity index (χ1n) is 14.5. The second kappa shape index (κ2) is 11.8. The predicted octanol–water partition coefficient (Wildman–Crippen LogP) is 8.41. The van der Waals surface area contributed by atoms with Crippen LogP contribution in [0.5, 0.6) is 5.75 Å². The Morgan fingerprint density at radius 3 is 2.53 bits per heavy atom. The minimum atomic E-state index is 0.253. The van der Waals surface area contributed by atoms with Crippen molar-refractivity contribution in [2.45, 2.75) is 97.2 Å². The number of hydrogen-bond donors (Lipinski definition) is 0. The van der Waals surface area contributed by atoms with Gasteiger partial charge in [-0.15, -0.1) is 4.91 Å². The molecule has 0 unspecified atom stereocenters. The first-order chi connectivity index (χ1) is 18.5. The first-order valence-corrected chi connectivity index (χ1v) is 14.5. The van der Waals surface area contributed by atoms with E-state index in [0.717, 1.165) is 60.5 Å². The van der Waals surface area contributed by atoms with E-state index in [1.165, 1.54) is 54.4 Å². The summed E-state index contributed by atoms with van der Waals surface area (Å²) in [7, 11) is 2.24. The van der Waals surface area contributed by atoms with Gasteiger partial charge in [-0.3, -0.25) is 9.88 Å². The molecule has 0 saturated heterocycles. The Bertz CT molecular complexity index is 1300. The molecule has 0 spiro atoms. The molecular formula is C33H41N3O2. The van der Waals surface area contributed by atoms with E-state index < -0.39 is 0 Å². The van der Waals surface area contributed by atoms with Crippen molar-refractivity contribution in [3.63, 3.8) is 0 Å². The number of pyridine rings is 1. The van der Waals surface area contributed by atoms with Crippen LogP contribution in [0.2, 0.25) is 0 Å². The Morgan fingerprint density at radius 2 is 1.79 bits per heavy atom. The Hall–Kier alpha value is -3.05. The zero-order valence-corrected chi connectivity index (χ0v) is 23.4. The predicted molar refractivity (Wildman–Crippen MR) is 155 cm³/mol. The summed E-state index contributed by atoms with van der Waals surface area (Å²) in [6, 6.07) is 15.3. The van der Waals surface area contributed by atoms with Crippen molar-refractivity contribution in [1.82, 2.24) is 9.88 Å². The highest BCUT2D eigenvalue weighted by Crippen LogP contribution is 2.40. The van der Waals surface area contributed by atoms with Crippen molar-refractivity contribution in [2.75, 3.05) is 7.05 Å². The van der Waals surface area contributed by atoms with Gasteiger partial charge in [0.15, 0.2) is 0 Å². The lowest BCUT2D eigenvalue weighted by molar-refractivity contribution is 0.189. The first kappa shape index (κ1) is 26.6. The lowest BCUT2D eigenvalue weighted by Gasteiger charge is -2.34. The van der Waals surface area contributed by atoms with Crippen LogP contribution in [-0.2, 0) is 25.8 Å². The van der Waals surface area contributed by atoms with Crippen LogP contribution >= 0.6 is 0 Å². The number of rotatable bonds is 9. The maximum Gasteiger partial charge on any atom is 0.128 e. The molecule has 2 aliphatic carbocycles. The van der Waals surface area contributed by atoms with Crippen LogP contribution < -0.4 is 4.74 Å². The third-order valence-electron chi connectivity index (χ3n) is 8.63. The molecule has 0 radical (unpaired) electrons. The lowest BCUT2D eigenvalue weighted by Crippen LogP contribution is -2.28. The van der Waals surface area contributed by atoms with Crippen LogP contribution in [0, 0.1) is 11.8 Å². The van der Waals surface area contributed by atoms with Gasteiger partial charge in [-0.25, -0.2) is 0 Å². The summed E-state index contributed by atoms with van der Waals surface area (Å²) < 4.78 is 6.76. The Balaban J connectivity index is 1.56. The summed E-state index contributed by atoms with van der Waals surface area (Å²) in [4.78, 5) is 19.3.